The minimum atomic E-state index is 0.714. The lowest BCUT2D eigenvalue weighted by Gasteiger charge is -1.95. The first-order valence-electron chi connectivity index (χ1n) is 3.79. The smallest absolute Gasteiger partial charge is 0.0418 e. The van der Waals surface area contributed by atoms with Gasteiger partial charge in [0.2, 0.25) is 0 Å². The lowest BCUT2D eigenvalue weighted by Crippen LogP contribution is -1.77. The lowest BCUT2D eigenvalue weighted by molar-refractivity contribution is 1.31. The van der Waals surface area contributed by atoms with Gasteiger partial charge in [0.1, 0.15) is 0 Å². The van der Waals surface area contributed by atoms with Gasteiger partial charge < -0.3 is 0 Å². The topological polar surface area (TPSA) is 0 Å². The first-order valence-corrected chi connectivity index (χ1v) is 5.59. The van der Waals surface area contributed by atoms with E-state index in [4.69, 9.17) is 11.6 Å². The average Bonchev–Trinajstić information content (AvgIpc) is 2.09. The molecule has 0 aliphatic rings. The summed E-state index contributed by atoms with van der Waals surface area (Å²) < 4.78 is 0.937. The summed E-state index contributed by atoms with van der Waals surface area (Å²) in [6, 6.07) is 5.57. The summed E-state index contributed by atoms with van der Waals surface area (Å²) in [5.74, 6) is 6.84. The zero-order valence-corrected chi connectivity index (χ0v) is 10.1. The predicted molar refractivity (Wildman–Crippen MR) is 64.5 cm³/mol. The fourth-order valence-electron chi connectivity index (χ4n) is 0.804. The Morgan fingerprint density at radius 3 is 2.85 bits per heavy atom. The molecule has 0 aliphatic carbocycles. The average molecular weight is 276 g/mol. The molecule has 0 nitrogen and oxygen atoms in total. The van der Waals surface area contributed by atoms with Gasteiger partial charge in [-0.05, 0) is 34.1 Å². The van der Waals surface area contributed by atoms with Crippen LogP contribution in [0.15, 0.2) is 22.7 Å². The van der Waals surface area contributed by atoms with Crippen LogP contribution in [0.1, 0.15) is 12.0 Å². The van der Waals surface area contributed by atoms with Crippen LogP contribution < -0.4 is 0 Å². The first kappa shape index (κ1) is 11.0. The largest absolute Gasteiger partial charge is 0.178 e. The maximum atomic E-state index is 5.79. The summed E-state index contributed by atoms with van der Waals surface area (Å²) in [5, 5.41) is 0.714. The van der Waals surface area contributed by atoms with E-state index < -0.39 is 0 Å². The van der Waals surface area contributed by atoms with E-state index >= 15 is 0 Å². The van der Waals surface area contributed by atoms with Crippen molar-refractivity contribution in [1.29, 1.82) is 0 Å². The molecule has 0 heterocycles. The molecule has 13 heavy (non-hydrogen) atoms. The minimum Gasteiger partial charge on any atom is -0.178 e. The van der Waals surface area contributed by atoms with Crippen LogP contribution in [0, 0.1) is 11.8 Å². The van der Waals surface area contributed by atoms with Crippen LogP contribution in [0.4, 0.5) is 0 Å². The Bertz CT molecular complexity index is 352. The molecule has 0 aromatic heterocycles. The molecule has 3 heteroatoms. The molecular formula is C10H8BrClS. The molecule has 1 aromatic rings. The maximum absolute atomic E-state index is 5.79. The van der Waals surface area contributed by atoms with Crippen LogP contribution >= 0.6 is 40.2 Å². The minimum absolute atomic E-state index is 0.714. The van der Waals surface area contributed by atoms with Crippen LogP contribution in [0.2, 0.25) is 5.02 Å². The fourth-order valence-corrected chi connectivity index (χ4v) is 1.70. The van der Waals surface area contributed by atoms with Crippen LogP contribution in [0.25, 0.3) is 0 Å². The van der Waals surface area contributed by atoms with Crippen LogP contribution in [-0.4, -0.2) is 5.75 Å². The van der Waals surface area contributed by atoms with Gasteiger partial charge in [0, 0.05) is 27.2 Å². The van der Waals surface area contributed by atoms with Gasteiger partial charge in [0.15, 0.2) is 0 Å². The fraction of sp³-hybridized carbons (Fsp3) is 0.200. The van der Waals surface area contributed by atoms with Gasteiger partial charge in [-0.25, -0.2) is 0 Å². The normalized spacial score (nSPS) is 9.15. The summed E-state index contributed by atoms with van der Waals surface area (Å²) in [4.78, 5) is 0. The third-order valence-electron chi connectivity index (χ3n) is 1.39. The predicted octanol–water partition coefficient (Wildman–Crippen LogP) is 3.77. The van der Waals surface area contributed by atoms with E-state index in [-0.39, 0.29) is 0 Å². The molecule has 0 N–H and O–H groups in total. The third-order valence-corrected chi connectivity index (χ3v) is 2.51. The number of thiol groups is 1. The molecule has 0 atom stereocenters. The number of hydrogen-bond acceptors (Lipinski definition) is 1. The zero-order valence-electron chi connectivity index (χ0n) is 6.85. The highest BCUT2D eigenvalue weighted by molar-refractivity contribution is 9.10. The van der Waals surface area contributed by atoms with Gasteiger partial charge in [0.05, 0.1) is 0 Å². The Labute approximate surface area is 97.2 Å². The van der Waals surface area contributed by atoms with E-state index in [1.807, 2.05) is 18.2 Å². The highest BCUT2D eigenvalue weighted by Crippen LogP contribution is 2.20. The molecule has 0 unspecified atom stereocenters. The molecular weight excluding hydrogens is 268 g/mol. The molecule has 0 fully saturated rings. The summed E-state index contributed by atoms with van der Waals surface area (Å²) in [6.45, 7) is 0. The molecule has 0 saturated carbocycles. The molecule has 0 aliphatic heterocycles. The molecule has 68 valence electrons. The third kappa shape index (κ3) is 3.64. The monoisotopic (exact) mass is 274 g/mol. The van der Waals surface area contributed by atoms with Gasteiger partial charge in [-0.3, -0.25) is 0 Å². The second-order valence-electron chi connectivity index (χ2n) is 2.40. The van der Waals surface area contributed by atoms with Crippen molar-refractivity contribution < 1.29 is 0 Å². The van der Waals surface area contributed by atoms with E-state index in [1.165, 1.54) is 0 Å². The van der Waals surface area contributed by atoms with Crippen molar-refractivity contribution >= 4 is 40.2 Å². The molecule has 0 bridgehead atoms. The zero-order chi connectivity index (χ0) is 9.68. The second-order valence-corrected chi connectivity index (χ2v) is 4.14. The van der Waals surface area contributed by atoms with E-state index in [2.05, 4.69) is 40.4 Å². The summed E-state index contributed by atoms with van der Waals surface area (Å²) in [7, 11) is 0. The van der Waals surface area contributed by atoms with Crippen molar-refractivity contribution in [1.82, 2.24) is 0 Å². The highest BCUT2D eigenvalue weighted by atomic mass is 79.9. The lowest BCUT2D eigenvalue weighted by atomic mass is 10.2. The Hall–Kier alpha value is -0.100. The van der Waals surface area contributed by atoms with Crippen molar-refractivity contribution in [2.45, 2.75) is 6.42 Å². The molecule has 1 rings (SSSR count). The Morgan fingerprint density at radius 1 is 1.46 bits per heavy atom. The number of halogens is 2. The number of benzene rings is 1. The van der Waals surface area contributed by atoms with E-state index in [0.717, 1.165) is 22.2 Å². The number of hydrogen-bond donors (Lipinski definition) is 1. The summed E-state index contributed by atoms with van der Waals surface area (Å²) in [6.07, 6.45) is 0.804. The van der Waals surface area contributed by atoms with Gasteiger partial charge in [-0.15, -0.1) is 0 Å². The first-order chi connectivity index (χ1) is 6.24. The Balaban J connectivity index is 2.85. The van der Waals surface area contributed by atoms with Crippen molar-refractivity contribution in [2.75, 3.05) is 5.75 Å². The molecule has 0 amide bonds. The SMILES string of the molecule is SCCC#Cc1ccc(Cl)cc1Br. The Kier molecular flexibility index (Phi) is 4.72. The van der Waals surface area contributed by atoms with Crippen LogP contribution in [-0.2, 0) is 0 Å². The van der Waals surface area contributed by atoms with Crippen LogP contribution in [0.5, 0.6) is 0 Å². The van der Waals surface area contributed by atoms with Gasteiger partial charge >= 0.3 is 0 Å². The van der Waals surface area contributed by atoms with Gasteiger partial charge in [-0.1, -0.05) is 23.4 Å². The Morgan fingerprint density at radius 2 is 2.23 bits per heavy atom. The quantitative estimate of drug-likeness (QED) is 0.585. The summed E-state index contributed by atoms with van der Waals surface area (Å²) >= 11 is 13.3. The second kappa shape index (κ2) is 5.59. The van der Waals surface area contributed by atoms with Crippen molar-refractivity contribution in [3.63, 3.8) is 0 Å². The maximum Gasteiger partial charge on any atom is 0.0418 e. The standard InChI is InChI=1S/C10H8BrClS/c11-10-7-9(12)5-4-8(10)3-1-2-6-13/h4-5,7,13H,2,6H2. The van der Waals surface area contributed by atoms with Crippen molar-refractivity contribution in [3.8, 4) is 11.8 Å². The van der Waals surface area contributed by atoms with E-state index in [0.29, 0.717) is 5.02 Å². The van der Waals surface area contributed by atoms with E-state index in [9.17, 15) is 0 Å². The van der Waals surface area contributed by atoms with E-state index in [1.54, 1.807) is 0 Å². The molecule has 0 spiro atoms. The number of rotatable bonds is 1. The van der Waals surface area contributed by atoms with Crippen molar-refractivity contribution in [3.05, 3.63) is 33.3 Å². The summed E-state index contributed by atoms with van der Waals surface area (Å²) in [5.41, 5.74) is 0.964. The highest BCUT2D eigenvalue weighted by Gasteiger charge is 1.95. The van der Waals surface area contributed by atoms with Crippen LogP contribution in [0.3, 0.4) is 0 Å². The van der Waals surface area contributed by atoms with Gasteiger partial charge in [-0.2, -0.15) is 12.6 Å². The molecule has 1 aromatic carbocycles. The van der Waals surface area contributed by atoms with Crippen molar-refractivity contribution in [2.24, 2.45) is 0 Å². The molecule has 0 radical (unpaired) electrons. The van der Waals surface area contributed by atoms with Gasteiger partial charge in [0.25, 0.3) is 0 Å². The molecule has 0 saturated heterocycles.